The number of nitrogens with zero attached hydrogens (tertiary/aromatic N) is 4. The Bertz CT molecular complexity index is 848. The van der Waals surface area contributed by atoms with Gasteiger partial charge >= 0.3 is 0 Å². The fourth-order valence-electron chi connectivity index (χ4n) is 3.61. The minimum absolute atomic E-state index is 0.285. The summed E-state index contributed by atoms with van der Waals surface area (Å²) in [6.45, 7) is 2.33. The lowest BCUT2D eigenvalue weighted by Crippen LogP contribution is -2.37. The highest BCUT2D eigenvalue weighted by Gasteiger charge is 2.26. The topological polar surface area (TPSA) is 53.7 Å². The fourth-order valence-corrected chi connectivity index (χ4v) is 3.61. The molecule has 4 rings (SSSR count). The largest absolute Gasteiger partial charge is 0.387 e. The molecule has 1 N–H and O–H groups in total. The number of piperidine rings is 1. The van der Waals surface area contributed by atoms with Gasteiger partial charge in [-0.1, -0.05) is 18.2 Å². The average Bonchev–Trinajstić information content (AvgIpc) is 3.06. The third kappa shape index (κ3) is 3.41. The summed E-state index contributed by atoms with van der Waals surface area (Å²) in [5.41, 5.74) is 1.61. The van der Waals surface area contributed by atoms with Crippen molar-refractivity contribution in [2.24, 2.45) is 0 Å². The number of rotatable bonds is 4. The van der Waals surface area contributed by atoms with E-state index in [1.807, 2.05) is 28.8 Å². The molecule has 0 radical (unpaired) electrons. The fraction of sp³-hybridized carbons (Fsp3) is 0.368. The molecule has 1 saturated heterocycles. The van der Waals surface area contributed by atoms with E-state index in [1.54, 1.807) is 12.1 Å². The molecule has 0 saturated carbocycles. The number of aliphatic hydroxyl groups is 1. The van der Waals surface area contributed by atoms with Crippen LogP contribution in [0.3, 0.4) is 0 Å². The van der Waals surface area contributed by atoms with Crippen molar-refractivity contribution in [3.63, 3.8) is 0 Å². The zero-order valence-electron chi connectivity index (χ0n) is 13.9. The molecule has 3 aromatic rings. The number of benzene rings is 1. The Hall–Kier alpha value is -2.31. The smallest absolute Gasteiger partial charge is 0.160 e. The maximum atomic E-state index is 13.0. The van der Waals surface area contributed by atoms with Crippen LogP contribution >= 0.6 is 0 Å². The number of β-amino-alcohol motifs (C(OH)–C–C–N with tert-alkyl or cyclic N) is 1. The van der Waals surface area contributed by atoms with Crippen LogP contribution in [-0.2, 0) is 0 Å². The van der Waals surface area contributed by atoms with Crippen LogP contribution in [0.15, 0.2) is 48.7 Å². The summed E-state index contributed by atoms with van der Waals surface area (Å²) in [7, 11) is 0. The van der Waals surface area contributed by atoms with Crippen molar-refractivity contribution in [1.29, 1.82) is 0 Å². The van der Waals surface area contributed by atoms with Gasteiger partial charge in [-0.15, -0.1) is 10.2 Å². The Balaban J connectivity index is 1.46. The van der Waals surface area contributed by atoms with Crippen LogP contribution < -0.4 is 0 Å². The van der Waals surface area contributed by atoms with Crippen LogP contribution in [0.2, 0.25) is 0 Å². The highest BCUT2D eigenvalue weighted by atomic mass is 19.1. The van der Waals surface area contributed by atoms with Gasteiger partial charge in [0.15, 0.2) is 5.65 Å². The number of aromatic nitrogens is 3. The van der Waals surface area contributed by atoms with Gasteiger partial charge in [0.25, 0.3) is 0 Å². The van der Waals surface area contributed by atoms with Crippen LogP contribution in [0, 0.1) is 5.82 Å². The Morgan fingerprint density at radius 3 is 2.84 bits per heavy atom. The monoisotopic (exact) mass is 340 g/mol. The number of halogens is 1. The average molecular weight is 340 g/mol. The van der Waals surface area contributed by atoms with Gasteiger partial charge in [-0.2, -0.15) is 0 Å². The summed E-state index contributed by atoms with van der Waals surface area (Å²) in [6.07, 6.45) is 3.51. The van der Waals surface area contributed by atoms with E-state index in [0.717, 1.165) is 43.0 Å². The molecule has 3 heterocycles. The van der Waals surface area contributed by atoms with Crippen molar-refractivity contribution >= 4 is 5.65 Å². The van der Waals surface area contributed by atoms with Gasteiger partial charge in [-0.3, -0.25) is 9.30 Å². The van der Waals surface area contributed by atoms with Crippen molar-refractivity contribution in [2.75, 3.05) is 19.6 Å². The second-order valence-corrected chi connectivity index (χ2v) is 6.65. The minimum atomic E-state index is -0.616. The molecule has 0 aliphatic carbocycles. The lowest BCUT2D eigenvalue weighted by molar-refractivity contribution is 0.0943. The van der Waals surface area contributed by atoms with Crippen molar-refractivity contribution < 1.29 is 9.50 Å². The predicted molar refractivity (Wildman–Crippen MR) is 92.8 cm³/mol. The van der Waals surface area contributed by atoms with Crippen LogP contribution in [-0.4, -0.2) is 44.2 Å². The van der Waals surface area contributed by atoms with Crippen LogP contribution in [0.4, 0.5) is 4.39 Å². The molecule has 2 atom stereocenters. The summed E-state index contributed by atoms with van der Waals surface area (Å²) in [5, 5.41) is 19.1. The zero-order valence-corrected chi connectivity index (χ0v) is 13.9. The van der Waals surface area contributed by atoms with Crippen molar-refractivity contribution in [3.05, 3.63) is 65.9 Å². The molecular weight excluding hydrogens is 319 g/mol. The molecule has 0 spiro atoms. The van der Waals surface area contributed by atoms with Gasteiger partial charge < -0.3 is 5.11 Å². The molecule has 0 amide bonds. The number of likely N-dealkylation sites (tertiary alicyclic amines) is 1. The third-order valence-corrected chi connectivity index (χ3v) is 4.90. The van der Waals surface area contributed by atoms with Crippen molar-refractivity contribution in [3.8, 4) is 0 Å². The van der Waals surface area contributed by atoms with E-state index in [9.17, 15) is 9.50 Å². The molecule has 1 aromatic carbocycles. The molecule has 1 aliphatic heterocycles. The van der Waals surface area contributed by atoms with E-state index < -0.39 is 6.10 Å². The normalized spacial score (nSPS) is 20.0. The van der Waals surface area contributed by atoms with Crippen molar-refractivity contribution in [2.45, 2.75) is 24.9 Å². The van der Waals surface area contributed by atoms with E-state index in [-0.39, 0.29) is 5.82 Å². The molecule has 0 bridgehead atoms. The van der Waals surface area contributed by atoms with E-state index >= 15 is 0 Å². The first-order chi connectivity index (χ1) is 12.2. The van der Waals surface area contributed by atoms with Gasteiger partial charge in [0.1, 0.15) is 11.6 Å². The number of hydrogen-bond acceptors (Lipinski definition) is 4. The molecule has 2 aromatic heterocycles. The molecule has 6 heteroatoms. The summed E-state index contributed by atoms with van der Waals surface area (Å²) in [4.78, 5) is 2.26. The first-order valence-electron chi connectivity index (χ1n) is 8.66. The molecule has 5 nitrogen and oxygen atoms in total. The Kier molecular flexibility index (Phi) is 4.46. The van der Waals surface area contributed by atoms with Crippen LogP contribution in [0.1, 0.15) is 36.3 Å². The molecular formula is C19H21FN4O. The quantitative estimate of drug-likeness (QED) is 0.793. The zero-order chi connectivity index (χ0) is 17.2. The SMILES string of the molecule is OC(CN1CCCC(c2nnc3ccccn23)C1)c1ccc(F)cc1. The van der Waals surface area contributed by atoms with Crippen LogP contribution in [0.25, 0.3) is 5.65 Å². The predicted octanol–water partition coefficient (Wildman–Crippen LogP) is 2.78. The third-order valence-electron chi connectivity index (χ3n) is 4.90. The van der Waals surface area contributed by atoms with Gasteiger partial charge in [-0.05, 0) is 49.2 Å². The highest BCUT2D eigenvalue weighted by Crippen LogP contribution is 2.27. The first kappa shape index (κ1) is 16.2. The maximum Gasteiger partial charge on any atom is 0.160 e. The minimum Gasteiger partial charge on any atom is -0.387 e. The Morgan fingerprint density at radius 1 is 1.16 bits per heavy atom. The number of fused-ring (bicyclic) bond motifs is 1. The standard InChI is InChI=1S/C19H21FN4O/c20-16-8-6-14(7-9-16)17(25)13-23-10-3-4-15(12-23)19-22-21-18-5-1-2-11-24(18)19/h1-2,5-9,11,15,17,25H,3-4,10,12-13H2. The maximum absolute atomic E-state index is 13.0. The summed E-state index contributed by atoms with van der Waals surface area (Å²) in [5.74, 6) is 0.996. The number of hydrogen-bond donors (Lipinski definition) is 1. The Labute approximate surface area is 145 Å². The van der Waals surface area contributed by atoms with Gasteiger partial charge in [-0.25, -0.2) is 4.39 Å². The second kappa shape index (κ2) is 6.90. The second-order valence-electron chi connectivity index (χ2n) is 6.65. The molecule has 1 fully saturated rings. The number of aliphatic hydroxyl groups excluding tert-OH is 1. The highest BCUT2D eigenvalue weighted by molar-refractivity contribution is 5.37. The number of pyridine rings is 1. The van der Waals surface area contributed by atoms with Gasteiger partial charge in [0.05, 0.1) is 6.10 Å². The van der Waals surface area contributed by atoms with Crippen LogP contribution in [0.5, 0.6) is 0 Å². The van der Waals surface area contributed by atoms with E-state index in [4.69, 9.17) is 0 Å². The van der Waals surface area contributed by atoms with Gasteiger partial charge in [0.2, 0.25) is 0 Å². The van der Waals surface area contributed by atoms with Crippen molar-refractivity contribution in [1.82, 2.24) is 19.5 Å². The summed E-state index contributed by atoms with van der Waals surface area (Å²) < 4.78 is 15.1. The van der Waals surface area contributed by atoms with E-state index in [2.05, 4.69) is 15.1 Å². The van der Waals surface area contributed by atoms with Gasteiger partial charge in [0, 0.05) is 25.2 Å². The summed E-state index contributed by atoms with van der Waals surface area (Å²) in [6, 6.07) is 12.0. The van der Waals surface area contributed by atoms with E-state index in [0.29, 0.717) is 12.5 Å². The molecule has 1 aliphatic rings. The molecule has 130 valence electrons. The molecule has 2 unspecified atom stereocenters. The Morgan fingerprint density at radius 2 is 2.00 bits per heavy atom. The first-order valence-corrected chi connectivity index (χ1v) is 8.66. The summed E-state index contributed by atoms with van der Waals surface area (Å²) >= 11 is 0. The molecule has 25 heavy (non-hydrogen) atoms. The lowest BCUT2D eigenvalue weighted by Gasteiger charge is -2.33. The lowest BCUT2D eigenvalue weighted by atomic mass is 9.96. The van der Waals surface area contributed by atoms with E-state index in [1.165, 1.54) is 12.1 Å².